The van der Waals surface area contributed by atoms with Gasteiger partial charge in [0.05, 0.1) is 23.1 Å². The van der Waals surface area contributed by atoms with E-state index >= 15 is 0 Å². The average molecular weight is 244 g/mol. The number of aromatic nitrogens is 1. The van der Waals surface area contributed by atoms with Crippen molar-refractivity contribution in [2.75, 3.05) is 0 Å². The monoisotopic (exact) mass is 244 g/mol. The van der Waals surface area contributed by atoms with E-state index in [1.54, 1.807) is 19.2 Å². The summed E-state index contributed by atoms with van der Waals surface area (Å²) in [5, 5.41) is 2.95. The van der Waals surface area contributed by atoms with Gasteiger partial charge in [0.1, 0.15) is 5.76 Å². The highest BCUT2D eigenvalue weighted by Gasteiger charge is 2.25. The second-order valence-electron chi connectivity index (χ2n) is 4.68. The zero-order valence-electron chi connectivity index (χ0n) is 10.7. The summed E-state index contributed by atoms with van der Waals surface area (Å²) >= 11 is 0. The molecule has 0 aliphatic heterocycles. The minimum absolute atomic E-state index is 0.156. The van der Waals surface area contributed by atoms with Crippen molar-refractivity contribution < 1.29 is 9.21 Å². The molecule has 1 amide bonds. The van der Waals surface area contributed by atoms with Gasteiger partial charge in [0.2, 0.25) is 0 Å². The minimum atomic E-state index is -0.526. The maximum Gasteiger partial charge on any atom is 0.255 e. The number of rotatable bonds is 3. The molecule has 0 radical (unpaired) electrons. The summed E-state index contributed by atoms with van der Waals surface area (Å²) in [5.41, 5.74) is 0.848. The lowest BCUT2D eigenvalue weighted by atomic mass is 9.99. The molecular formula is C14H16N2O2. The topological polar surface area (TPSA) is 55.1 Å². The van der Waals surface area contributed by atoms with Crippen molar-refractivity contribution in [1.29, 1.82) is 0 Å². The van der Waals surface area contributed by atoms with Crippen LogP contribution in [0.1, 0.15) is 35.7 Å². The van der Waals surface area contributed by atoms with Gasteiger partial charge >= 0.3 is 0 Å². The highest BCUT2D eigenvalue weighted by atomic mass is 16.3. The quantitative estimate of drug-likeness (QED) is 0.903. The highest BCUT2D eigenvalue weighted by molar-refractivity contribution is 5.95. The lowest BCUT2D eigenvalue weighted by Gasteiger charge is -2.25. The van der Waals surface area contributed by atoms with Crippen LogP contribution in [-0.2, 0) is 5.54 Å². The summed E-state index contributed by atoms with van der Waals surface area (Å²) in [7, 11) is 0. The molecule has 4 heteroatoms. The van der Waals surface area contributed by atoms with E-state index in [2.05, 4.69) is 10.3 Å². The van der Waals surface area contributed by atoms with Crippen LogP contribution >= 0.6 is 0 Å². The van der Waals surface area contributed by atoms with E-state index in [9.17, 15) is 4.79 Å². The van der Waals surface area contributed by atoms with Crippen molar-refractivity contribution in [3.8, 4) is 0 Å². The van der Waals surface area contributed by atoms with E-state index in [0.29, 0.717) is 11.3 Å². The van der Waals surface area contributed by atoms with E-state index in [-0.39, 0.29) is 5.91 Å². The Hall–Kier alpha value is -2.10. The van der Waals surface area contributed by atoms with Crippen LogP contribution in [0.25, 0.3) is 0 Å². The van der Waals surface area contributed by atoms with Gasteiger partial charge in [0.25, 0.3) is 5.91 Å². The van der Waals surface area contributed by atoms with Crippen molar-refractivity contribution in [1.82, 2.24) is 10.3 Å². The molecule has 0 unspecified atom stereocenters. The second-order valence-corrected chi connectivity index (χ2v) is 4.68. The van der Waals surface area contributed by atoms with E-state index in [0.717, 1.165) is 5.69 Å². The Kier molecular flexibility index (Phi) is 3.19. The molecule has 0 fully saturated rings. The van der Waals surface area contributed by atoms with Gasteiger partial charge in [-0.2, -0.15) is 0 Å². The number of nitrogens with one attached hydrogen (secondary N) is 1. The van der Waals surface area contributed by atoms with Crippen LogP contribution in [0.4, 0.5) is 0 Å². The predicted molar refractivity (Wildman–Crippen MR) is 68.2 cm³/mol. The van der Waals surface area contributed by atoms with Gasteiger partial charge in [0, 0.05) is 6.20 Å². The Morgan fingerprint density at radius 1 is 1.33 bits per heavy atom. The highest BCUT2D eigenvalue weighted by Crippen LogP contribution is 2.19. The molecule has 0 spiro atoms. The molecule has 2 heterocycles. The number of furan rings is 1. The Morgan fingerprint density at radius 3 is 2.67 bits per heavy atom. The molecule has 4 nitrogen and oxygen atoms in total. The average Bonchev–Trinajstić information content (AvgIpc) is 2.76. The summed E-state index contributed by atoms with van der Waals surface area (Å²) < 4.78 is 5.13. The largest absolute Gasteiger partial charge is 0.469 e. The first kappa shape index (κ1) is 12.4. The fourth-order valence-electron chi connectivity index (χ4n) is 1.77. The Balaban J connectivity index is 2.19. The van der Waals surface area contributed by atoms with E-state index in [1.807, 2.05) is 32.0 Å². The fraction of sp³-hybridized carbons (Fsp3) is 0.286. The molecule has 2 aromatic heterocycles. The molecule has 0 saturated carbocycles. The van der Waals surface area contributed by atoms with Gasteiger partial charge < -0.3 is 9.73 Å². The first-order valence-electron chi connectivity index (χ1n) is 5.79. The number of hydrogen-bond donors (Lipinski definition) is 1. The molecule has 0 saturated heterocycles. The van der Waals surface area contributed by atoms with Crippen LogP contribution in [0.2, 0.25) is 0 Å². The van der Waals surface area contributed by atoms with Crippen LogP contribution < -0.4 is 5.32 Å². The van der Waals surface area contributed by atoms with Crippen LogP contribution in [0.15, 0.2) is 41.1 Å². The summed E-state index contributed by atoms with van der Waals surface area (Å²) in [6.07, 6.45) is 3.23. The standard InChI is InChI=1S/C14H16N2O2/c1-10-11(7-9-18-10)13(17)16-14(2,3)12-6-4-5-8-15-12/h4-9H,1-3H3,(H,16,17). The molecule has 94 valence electrons. The summed E-state index contributed by atoms with van der Waals surface area (Å²) in [6.45, 7) is 5.61. The third-order valence-electron chi connectivity index (χ3n) is 2.83. The molecule has 2 rings (SSSR count). The van der Waals surface area contributed by atoms with Gasteiger partial charge in [-0.15, -0.1) is 0 Å². The number of carbonyl (C=O) groups is 1. The summed E-state index contributed by atoms with van der Waals surface area (Å²) in [4.78, 5) is 16.4. The fourth-order valence-corrected chi connectivity index (χ4v) is 1.77. The third kappa shape index (κ3) is 2.42. The maximum atomic E-state index is 12.1. The SMILES string of the molecule is Cc1occc1C(=O)NC(C)(C)c1ccccn1. The van der Waals surface area contributed by atoms with Crippen LogP contribution in [-0.4, -0.2) is 10.9 Å². The molecule has 18 heavy (non-hydrogen) atoms. The third-order valence-corrected chi connectivity index (χ3v) is 2.83. The van der Waals surface area contributed by atoms with Crippen molar-refractivity contribution in [2.24, 2.45) is 0 Å². The van der Waals surface area contributed by atoms with Gasteiger partial charge in [-0.05, 0) is 39.0 Å². The number of hydrogen-bond acceptors (Lipinski definition) is 3. The van der Waals surface area contributed by atoms with E-state index < -0.39 is 5.54 Å². The Morgan fingerprint density at radius 2 is 2.11 bits per heavy atom. The molecule has 0 aliphatic rings. The van der Waals surface area contributed by atoms with E-state index in [4.69, 9.17) is 4.42 Å². The summed E-state index contributed by atoms with van der Waals surface area (Å²) in [6, 6.07) is 7.31. The molecule has 0 bridgehead atoms. The smallest absolute Gasteiger partial charge is 0.255 e. The van der Waals surface area contributed by atoms with Crippen molar-refractivity contribution in [2.45, 2.75) is 26.3 Å². The van der Waals surface area contributed by atoms with Gasteiger partial charge in [-0.3, -0.25) is 9.78 Å². The van der Waals surface area contributed by atoms with Crippen molar-refractivity contribution >= 4 is 5.91 Å². The van der Waals surface area contributed by atoms with Gasteiger partial charge in [-0.25, -0.2) is 0 Å². The maximum absolute atomic E-state index is 12.1. The number of carbonyl (C=O) groups excluding carboxylic acids is 1. The predicted octanol–water partition coefficient (Wildman–Crippen LogP) is 2.65. The molecule has 0 aromatic carbocycles. The van der Waals surface area contributed by atoms with E-state index in [1.165, 1.54) is 6.26 Å². The first-order valence-corrected chi connectivity index (χ1v) is 5.79. The lowest BCUT2D eigenvalue weighted by Crippen LogP contribution is -2.41. The van der Waals surface area contributed by atoms with Crippen LogP contribution in [0.3, 0.4) is 0 Å². The van der Waals surface area contributed by atoms with Crippen LogP contribution in [0.5, 0.6) is 0 Å². The summed E-state index contributed by atoms with van der Waals surface area (Å²) in [5.74, 6) is 0.459. The molecule has 1 N–H and O–H groups in total. The number of nitrogens with zero attached hydrogens (tertiary/aromatic N) is 1. The zero-order chi connectivity index (χ0) is 13.2. The second kappa shape index (κ2) is 4.64. The first-order chi connectivity index (χ1) is 8.50. The van der Waals surface area contributed by atoms with Crippen molar-refractivity contribution in [3.05, 3.63) is 53.7 Å². The number of pyridine rings is 1. The Labute approximate surface area is 106 Å². The van der Waals surface area contributed by atoms with Gasteiger partial charge in [-0.1, -0.05) is 6.07 Å². The Bertz CT molecular complexity index is 544. The minimum Gasteiger partial charge on any atom is -0.469 e. The number of amides is 1. The zero-order valence-corrected chi connectivity index (χ0v) is 10.7. The molecule has 0 aliphatic carbocycles. The van der Waals surface area contributed by atoms with Gasteiger partial charge in [0.15, 0.2) is 0 Å². The van der Waals surface area contributed by atoms with Crippen molar-refractivity contribution in [3.63, 3.8) is 0 Å². The molecular weight excluding hydrogens is 228 g/mol. The number of aryl methyl sites for hydroxylation is 1. The lowest BCUT2D eigenvalue weighted by molar-refractivity contribution is 0.0909. The normalized spacial score (nSPS) is 11.3. The molecule has 0 atom stereocenters. The molecule has 2 aromatic rings. The van der Waals surface area contributed by atoms with Crippen LogP contribution in [0, 0.1) is 6.92 Å².